The largest absolute Gasteiger partial charge is 0.330 e. The number of aryl methyl sites for hydroxylation is 2. The molecule has 2 N–H and O–H groups in total. The zero-order valence-corrected chi connectivity index (χ0v) is 12.7. The second-order valence-corrected chi connectivity index (χ2v) is 5.93. The summed E-state index contributed by atoms with van der Waals surface area (Å²) >= 11 is 0. The second kappa shape index (κ2) is 6.56. The van der Waals surface area contributed by atoms with E-state index in [1.54, 1.807) is 0 Å². The van der Waals surface area contributed by atoms with Crippen molar-refractivity contribution in [3.8, 4) is 0 Å². The van der Waals surface area contributed by atoms with Crippen LogP contribution in [0.25, 0.3) is 0 Å². The predicted molar refractivity (Wildman–Crippen MR) is 80.2 cm³/mol. The lowest BCUT2D eigenvalue weighted by Crippen LogP contribution is -2.33. The van der Waals surface area contributed by atoms with Crippen LogP contribution in [-0.4, -0.2) is 16.3 Å². The fourth-order valence-corrected chi connectivity index (χ4v) is 3.45. The molecule has 0 amide bonds. The molecule has 1 aromatic heterocycles. The van der Waals surface area contributed by atoms with Crippen LogP contribution in [0, 0.1) is 11.8 Å². The van der Waals surface area contributed by atoms with Crippen LogP contribution >= 0.6 is 0 Å². The monoisotopic (exact) mass is 263 g/mol. The Labute approximate surface area is 117 Å². The van der Waals surface area contributed by atoms with Gasteiger partial charge in [-0.05, 0) is 56.6 Å². The third-order valence-corrected chi connectivity index (χ3v) is 4.85. The molecule has 3 heteroatoms. The summed E-state index contributed by atoms with van der Waals surface area (Å²) < 4.78 is 2.32. The number of nitrogens with zero attached hydrogens (tertiary/aromatic N) is 2. The molecule has 1 saturated carbocycles. The van der Waals surface area contributed by atoms with Gasteiger partial charge in [0, 0.05) is 5.69 Å². The fraction of sp³-hybridized carbons (Fsp3) is 0.812. The molecule has 0 aliphatic heterocycles. The van der Waals surface area contributed by atoms with E-state index in [1.165, 1.54) is 37.1 Å². The first-order valence-electron chi connectivity index (χ1n) is 8.00. The van der Waals surface area contributed by atoms with E-state index in [4.69, 9.17) is 10.8 Å². The van der Waals surface area contributed by atoms with Crippen molar-refractivity contribution in [1.82, 2.24) is 9.78 Å². The molecule has 108 valence electrons. The van der Waals surface area contributed by atoms with Crippen LogP contribution in [0.2, 0.25) is 0 Å². The van der Waals surface area contributed by atoms with E-state index in [9.17, 15) is 0 Å². The molecule has 0 spiro atoms. The highest BCUT2D eigenvalue weighted by atomic mass is 15.3. The van der Waals surface area contributed by atoms with Gasteiger partial charge in [0.1, 0.15) is 0 Å². The van der Waals surface area contributed by atoms with E-state index in [2.05, 4.69) is 31.5 Å². The summed E-state index contributed by atoms with van der Waals surface area (Å²) in [4.78, 5) is 0. The topological polar surface area (TPSA) is 43.8 Å². The van der Waals surface area contributed by atoms with E-state index < -0.39 is 0 Å². The number of rotatable bonds is 5. The molecule has 0 radical (unpaired) electrons. The van der Waals surface area contributed by atoms with E-state index in [0.717, 1.165) is 25.3 Å². The SMILES string of the molecule is CCc1cc(CC)n(C2CC(CC)CCC2CN)n1. The number of aromatic nitrogens is 2. The van der Waals surface area contributed by atoms with Crippen molar-refractivity contribution < 1.29 is 0 Å². The zero-order valence-electron chi connectivity index (χ0n) is 12.7. The molecule has 1 fully saturated rings. The standard InChI is InChI=1S/C16H29N3/c1-4-12-7-8-13(11-17)16(9-12)19-15(6-3)10-14(5-2)18-19/h10,12-13,16H,4-9,11,17H2,1-3H3. The Morgan fingerprint density at radius 1 is 1.26 bits per heavy atom. The Hall–Kier alpha value is -0.830. The van der Waals surface area contributed by atoms with E-state index in [0.29, 0.717) is 12.0 Å². The van der Waals surface area contributed by atoms with Crippen molar-refractivity contribution in [2.75, 3.05) is 6.54 Å². The molecule has 2 rings (SSSR count). The maximum atomic E-state index is 6.01. The van der Waals surface area contributed by atoms with Gasteiger partial charge in [0.15, 0.2) is 0 Å². The van der Waals surface area contributed by atoms with Crippen LogP contribution in [0.15, 0.2) is 6.07 Å². The Balaban J connectivity index is 2.27. The summed E-state index contributed by atoms with van der Waals surface area (Å²) in [7, 11) is 0. The summed E-state index contributed by atoms with van der Waals surface area (Å²) in [5.74, 6) is 1.46. The maximum absolute atomic E-state index is 6.01. The van der Waals surface area contributed by atoms with E-state index in [1.807, 2.05) is 0 Å². The third kappa shape index (κ3) is 3.02. The van der Waals surface area contributed by atoms with Crippen molar-refractivity contribution >= 4 is 0 Å². The van der Waals surface area contributed by atoms with Crippen LogP contribution in [0.1, 0.15) is 63.9 Å². The summed E-state index contributed by atoms with van der Waals surface area (Å²) in [6.07, 6.45) is 7.25. The molecular weight excluding hydrogens is 234 g/mol. The molecule has 19 heavy (non-hydrogen) atoms. The fourth-order valence-electron chi connectivity index (χ4n) is 3.45. The highest BCUT2D eigenvalue weighted by molar-refractivity contribution is 5.12. The Kier molecular flexibility index (Phi) is 5.03. The van der Waals surface area contributed by atoms with Crippen molar-refractivity contribution in [1.29, 1.82) is 0 Å². The van der Waals surface area contributed by atoms with Gasteiger partial charge in [0.05, 0.1) is 11.7 Å². The van der Waals surface area contributed by atoms with Gasteiger partial charge in [-0.3, -0.25) is 4.68 Å². The Bertz CT molecular complexity index is 397. The maximum Gasteiger partial charge on any atom is 0.0624 e. The van der Waals surface area contributed by atoms with E-state index in [-0.39, 0.29) is 0 Å². The van der Waals surface area contributed by atoms with Gasteiger partial charge in [-0.2, -0.15) is 5.10 Å². The minimum Gasteiger partial charge on any atom is -0.330 e. The van der Waals surface area contributed by atoms with Crippen LogP contribution in [0.5, 0.6) is 0 Å². The van der Waals surface area contributed by atoms with Crippen molar-refractivity contribution in [3.63, 3.8) is 0 Å². The highest BCUT2D eigenvalue weighted by Gasteiger charge is 2.31. The molecular formula is C16H29N3. The number of nitrogens with two attached hydrogens (primary N) is 1. The van der Waals surface area contributed by atoms with Gasteiger partial charge in [0.2, 0.25) is 0 Å². The predicted octanol–water partition coefficient (Wildman–Crippen LogP) is 3.33. The average Bonchev–Trinajstić information content (AvgIpc) is 2.89. The zero-order chi connectivity index (χ0) is 13.8. The number of hydrogen-bond donors (Lipinski definition) is 1. The van der Waals surface area contributed by atoms with Crippen LogP contribution < -0.4 is 5.73 Å². The third-order valence-electron chi connectivity index (χ3n) is 4.85. The first-order valence-corrected chi connectivity index (χ1v) is 8.00. The number of hydrogen-bond acceptors (Lipinski definition) is 2. The molecule has 0 saturated heterocycles. The lowest BCUT2D eigenvalue weighted by atomic mass is 9.77. The van der Waals surface area contributed by atoms with Gasteiger partial charge in [-0.25, -0.2) is 0 Å². The minimum atomic E-state index is 0.527. The van der Waals surface area contributed by atoms with Crippen LogP contribution in [0.4, 0.5) is 0 Å². The molecule has 0 bridgehead atoms. The normalized spacial score (nSPS) is 27.7. The molecule has 1 aliphatic carbocycles. The van der Waals surface area contributed by atoms with Gasteiger partial charge >= 0.3 is 0 Å². The second-order valence-electron chi connectivity index (χ2n) is 5.93. The lowest BCUT2D eigenvalue weighted by molar-refractivity contribution is 0.170. The molecule has 0 aromatic carbocycles. The molecule has 3 nitrogen and oxygen atoms in total. The summed E-state index contributed by atoms with van der Waals surface area (Å²) in [5.41, 5.74) is 8.62. The lowest BCUT2D eigenvalue weighted by Gasteiger charge is -2.36. The van der Waals surface area contributed by atoms with Gasteiger partial charge in [-0.1, -0.05) is 27.2 Å². The van der Waals surface area contributed by atoms with Crippen molar-refractivity contribution in [2.45, 2.75) is 65.3 Å². The Morgan fingerprint density at radius 3 is 2.63 bits per heavy atom. The van der Waals surface area contributed by atoms with Crippen LogP contribution in [-0.2, 0) is 12.8 Å². The molecule has 1 heterocycles. The average molecular weight is 263 g/mol. The summed E-state index contributed by atoms with van der Waals surface area (Å²) in [6, 6.07) is 2.81. The highest BCUT2D eigenvalue weighted by Crippen LogP contribution is 2.38. The van der Waals surface area contributed by atoms with Crippen molar-refractivity contribution in [2.24, 2.45) is 17.6 Å². The van der Waals surface area contributed by atoms with Gasteiger partial charge < -0.3 is 5.73 Å². The quantitative estimate of drug-likeness (QED) is 0.885. The van der Waals surface area contributed by atoms with Crippen LogP contribution in [0.3, 0.4) is 0 Å². The summed E-state index contributed by atoms with van der Waals surface area (Å²) in [5, 5.41) is 4.85. The summed E-state index contributed by atoms with van der Waals surface area (Å²) in [6.45, 7) is 7.52. The van der Waals surface area contributed by atoms with Crippen molar-refractivity contribution in [3.05, 3.63) is 17.5 Å². The van der Waals surface area contributed by atoms with Gasteiger partial charge in [0.25, 0.3) is 0 Å². The minimum absolute atomic E-state index is 0.527. The van der Waals surface area contributed by atoms with Gasteiger partial charge in [-0.15, -0.1) is 0 Å². The molecule has 1 aliphatic rings. The molecule has 3 atom stereocenters. The Morgan fingerprint density at radius 2 is 2.05 bits per heavy atom. The first-order chi connectivity index (χ1) is 9.23. The molecule has 3 unspecified atom stereocenters. The van der Waals surface area contributed by atoms with E-state index >= 15 is 0 Å². The molecule has 1 aromatic rings. The first kappa shape index (κ1) is 14.6. The smallest absolute Gasteiger partial charge is 0.0624 e.